The SMILES string of the molecule is Oc1ccc(Oc2cccc(Cc3ncc[nH]3)c2)c(Cc2ncc[nH]2)c1. The average Bonchev–Trinajstić information content (AvgIpc) is 3.32. The second kappa shape index (κ2) is 7.14. The highest BCUT2D eigenvalue weighted by atomic mass is 16.5. The van der Waals surface area contributed by atoms with Gasteiger partial charge in [-0.25, -0.2) is 9.97 Å². The van der Waals surface area contributed by atoms with Crippen LogP contribution < -0.4 is 4.74 Å². The number of phenolic OH excluding ortho intramolecular Hbond substituents is 1. The number of nitrogens with one attached hydrogen (secondary N) is 2. The molecule has 0 aliphatic heterocycles. The van der Waals surface area contributed by atoms with E-state index < -0.39 is 0 Å². The Morgan fingerprint density at radius 3 is 2.38 bits per heavy atom. The Bertz CT molecular complexity index is 979. The Labute approximate surface area is 150 Å². The maximum absolute atomic E-state index is 9.82. The van der Waals surface area contributed by atoms with E-state index in [1.165, 1.54) is 0 Å². The van der Waals surface area contributed by atoms with Crippen molar-refractivity contribution in [2.24, 2.45) is 0 Å². The van der Waals surface area contributed by atoms with E-state index in [1.807, 2.05) is 30.5 Å². The Morgan fingerprint density at radius 1 is 0.885 bits per heavy atom. The van der Waals surface area contributed by atoms with Gasteiger partial charge in [-0.15, -0.1) is 0 Å². The number of H-pyrrole nitrogens is 2. The van der Waals surface area contributed by atoms with E-state index in [9.17, 15) is 5.11 Å². The third-order valence-corrected chi connectivity index (χ3v) is 4.01. The first kappa shape index (κ1) is 16.0. The lowest BCUT2D eigenvalue weighted by molar-refractivity contribution is 0.460. The molecule has 0 atom stereocenters. The molecule has 0 amide bonds. The lowest BCUT2D eigenvalue weighted by Crippen LogP contribution is -1.96. The van der Waals surface area contributed by atoms with E-state index >= 15 is 0 Å². The molecule has 4 rings (SSSR count). The molecule has 6 nitrogen and oxygen atoms in total. The van der Waals surface area contributed by atoms with Crippen LogP contribution in [0.3, 0.4) is 0 Å². The number of aromatic hydroxyl groups is 1. The summed E-state index contributed by atoms with van der Waals surface area (Å²) >= 11 is 0. The van der Waals surface area contributed by atoms with Crippen molar-refractivity contribution in [1.29, 1.82) is 0 Å². The molecule has 0 spiro atoms. The van der Waals surface area contributed by atoms with Crippen molar-refractivity contribution in [2.75, 3.05) is 0 Å². The fourth-order valence-electron chi connectivity index (χ4n) is 2.81. The van der Waals surface area contributed by atoms with Gasteiger partial charge >= 0.3 is 0 Å². The van der Waals surface area contributed by atoms with Crippen LogP contribution >= 0.6 is 0 Å². The van der Waals surface area contributed by atoms with E-state index in [-0.39, 0.29) is 5.75 Å². The smallest absolute Gasteiger partial charge is 0.131 e. The molecular formula is C20H18N4O2. The molecule has 2 aromatic heterocycles. The van der Waals surface area contributed by atoms with Gasteiger partial charge in [0, 0.05) is 43.2 Å². The number of aromatic amines is 2. The Balaban J connectivity index is 1.57. The van der Waals surface area contributed by atoms with Crippen molar-refractivity contribution in [3.05, 3.63) is 90.0 Å². The minimum absolute atomic E-state index is 0.200. The van der Waals surface area contributed by atoms with E-state index in [2.05, 4.69) is 19.9 Å². The molecule has 0 unspecified atom stereocenters. The molecule has 130 valence electrons. The maximum atomic E-state index is 9.82. The highest BCUT2D eigenvalue weighted by molar-refractivity contribution is 5.44. The van der Waals surface area contributed by atoms with E-state index in [4.69, 9.17) is 4.74 Å². The van der Waals surface area contributed by atoms with Crippen LogP contribution in [0.4, 0.5) is 0 Å². The minimum Gasteiger partial charge on any atom is -0.508 e. The van der Waals surface area contributed by atoms with Crippen LogP contribution in [0.5, 0.6) is 17.2 Å². The van der Waals surface area contributed by atoms with Crippen LogP contribution in [-0.4, -0.2) is 25.0 Å². The van der Waals surface area contributed by atoms with Gasteiger partial charge in [0.25, 0.3) is 0 Å². The fraction of sp³-hybridized carbons (Fsp3) is 0.100. The Hall–Kier alpha value is -3.54. The third-order valence-electron chi connectivity index (χ3n) is 4.01. The minimum atomic E-state index is 0.200. The van der Waals surface area contributed by atoms with Gasteiger partial charge in [-0.1, -0.05) is 12.1 Å². The number of hydrogen-bond donors (Lipinski definition) is 3. The van der Waals surface area contributed by atoms with E-state index in [1.54, 1.807) is 36.8 Å². The van der Waals surface area contributed by atoms with E-state index in [0.29, 0.717) is 18.6 Å². The van der Waals surface area contributed by atoms with Crippen molar-refractivity contribution in [3.8, 4) is 17.2 Å². The maximum Gasteiger partial charge on any atom is 0.131 e. The zero-order valence-electron chi connectivity index (χ0n) is 14.0. The molecule has 2 aromatic carbocycles. The molecule has 0 aliphatic rings. The summed E-state index contributed by atoms with van der Waals surface area (Å²) in [6.07, 6.45) is 8.29. The van der Waals surface area contributed by atoms with Gasteiger partial charge < -0.3 is 19.8 Å². The van der Waals surface area contributed by atoms with Gasteiger partial charge in [-0.2, -0.15) is 0 Å². The number of benzene rings is 2. The number of rotatable bonds is 6. The zero-order chi connectivity index (χ0) is 17.8. The highest BCUT2D eigenvalue weighted by Gasteiger charge is 2.10. The van der Waals surface area contributed by atoms with Crippen molar-refractivity contribution in [3.63, 3.8) is 0 Å². The summed E-state index contributed by atoms with van der Waals surface area (Å²) in [5, 5.41) is 9.82. The van der Waals surface area contributed by atoms with Gasteiger partial charge in [0.15, 0.2) is 0 Å². The van der Waals surface area contributed by atoms with Gasteiger partial charge in [0.2, 0.25) is 0 Å². The van der Waals surface area contributed by atoms with Crippen LogP contribution in [0.1, 0.15) is 22.8 Å². The Morgan fingerprint density at radius 2 is 1.65 bits per heavy atom. The van der Waals surface area contributed by atoms with Gasteiger partial charge in [-0.3, -0.25) is 0 Å². The summed E-state index contributed by atoms with van der Waals surface area (Å²) in [5.41, 5.74) is 1.96. The number of phenols is 1. The van der Waals surface area contributed by atoms with E-state index in [0.717, 1.165) is 28.5 Å². The van der Waals surface area contributed by atoms with Gasteiger partial charge in [0.05, 0.1) is 0 Å². The zero-order valence-corrected chi connectivity index (χ0v) is 14.0. The first-order chi connectivity index (χ1) is 12.8. The number of hydrogen-bond acceptors (Lipinski definition) is 4. The number of ether oxygens (including phenoxy) is 1. The molecule has 0 aliphatic carbocycles. The first-order valence-electron chi connectivity index (χ1n) is 8.31. The van der Waals surface area contributed by atoms with Gasteiger partial charge in [-0.05, 0) is 35.9 Å². The topological polar surface area (TPSA) is 86.8 Å². The fourth-order valence-corrected chi connectivity index (χ4v) is 2.81. The summed E-state index contributed by atoms with van der Waals surface area (Å²) in [4.78, 5) is 14.7. The second-order valence-electron chi connectivity index (χ2n) is 5.97. The number of nitrogens with zero attached hydrogens (tertiary/aromatic N) is 2. The largest absolute Gasteiger partial charge is 0.508 e. The van der Waals surface area contributed by atoms with Crippen LogP contribution in [0.25, 0.3) is 0 Å². The van der Waals surface area contributed by atoms with Crippen molar-refractivity contribution in [2.45, 2.75) is 12.8 Å². The summed E-state index contributed by atoms with van der Waals surface area (Å²) in [6, 6.07) is 13.0. The first-order valence-corrected chi connectivity index (χ1v) is 8.31. The predicted molar refractivity (Wildman–Crippen MR) is 97.4 cm³/mol. The molecule has 0 saturated heterocycles. The monoisotopic (exact) mass is 346 g/mol. The normalized spacial score (nSPS) is 10.8. The summed E-state index contributed by atoms with van der Waals surface area (Å²) < 4.78 is 6.09. The molecule has 26 heavy (non-hydrogen) atoms. The molecule has 6 heteroatoms. The lowest BCUT2D eigenvalue weighted by Gasteiger charge is -2.12. The third kappa shape index (κ3) is 3.75. The van der Waals surface area contributed by atoms with Crippen LogP contribution in [0.2, 0.25) is 0 Å². The second-order valence-corrected chi connectivity index (χ2v) is 5.97. The quantitative estimate of drug-likeness (QED) is 0.495. The van der Waals surface area contributed by atoms with Crippen LogP contribution in [0, 0.1) is 0 Å². The van der Waals surface area contributed by atoms with Crippen LogP contribution in [0.15, 0.2) is 67.3 Å². The Kier molecular flexibility index (Phi) is 4.38. The lowest BCUT2D eigenvalue weighted by atomic mass is 10.1. The van der Waals surface area contributed by atoms with Gasteiger partial charge in [0.1, 0.15) is 28.9 Å². The van der Waals surface area contributed by atoms with Crippen LogP contribution in [-0.2, 0) is 12.8 Å². The summed E-state index contributed by atoms with van der Waals surface area (Å²) in [5.74, 6) is 3.34. The summed E-state index contributed by atoms with van der Waals surface area (Å²) in [6.45, 7) is 0. The molecule has 3 N–H and O–H groups in total. The molecule has 0 saturated carbocycles. The molecule has 0 radical (unpaired) electrons. The molecular weight excluding hydrogens is 328 g/mol. The number of aromatic nitrogens is 4. The number of imidazole rings is 2. The van der Waals surface area contributed by atoms with Crippen molar-refractivity contribution < 1.29 is 9.84 Å². The highest BCUT2D eigenvalue weighted by Crippen LogP contribution is 2.30. The molecule has 0 bridgehead atoms. The predicted octanol–water partition coefficient (Wildman–Crippen LogP) is 3.81. The molecule has 2 heterocycles. The van der Waals surface area contributed by atoms with Crippen molar-refractivity contribution in [1.82, 2.24) is 19.9 Å². The standard InChI is InChI=1S/C20H18N4O2/c25-16-4-5-18(15(12-16)13-20-23-8-9-24-20)26-17-3-1-2-14(10-17)11-19-21-6-7-22-19/h1-10,12,25H,11,13H2,(H,21,22)(H,23,24). The summed E-state index contributed by atoms with van der Waals surface area (Å²) in [7, 11) is 0. The van der Waals surface area contributed by atoms with Crippen molar-refractivity contribution >= 4 is 0 Å². The molecule has 0 fully saturated rings. The molecule has 4 aromatic rings. The average molecular weight is 346 g/mol.